The number of benzene rings is 1. The molecule has 1 saturated heterocycles. The van der Waals surface area contributed by atoms with Gasteiger partial charge in [-0.2, -0.15) is 0 Å². The zero-order valence-corrected chi connectivity index (χ0v) is 13.7. The molecule has 3 rings (SSSR count). The summed E-state index contributed by atoms with van der Waals surface area (Å²) in [6, 6.07) is 7.79. The number of H-pyrrole nitrogens is 1. The van der Waals surface area contributed by atoms with Gasteiger partial charge in [-0.1, -0.05) is 23.5 Å². The summed E-state index contributed by atoms with van der Waals surface area (Å²) in [6.07, 6.45) is 0.863. The Morgan fingerprint density at radius 3 is 2.78 bits per heavy atom. The molecular weight excluding hydrogens is 314 g/mol. The second kappa shape index (κ2) is 6.97. The molecule has 1 aliphatic rings. The topological polar surface area (TPSA) is 74.4 Å². The number of methoxy groups -OCH3 is 1. The SMILES string of the molecule is COc1ccc(CN2CCC2C(=O)NCc2csc(=O)[nH]2)cc1. The van der Waals surface area contributed by atoms with Gasteiger partial charge in [0.2, 0.25) is 5.91 Å². The number of carbonyl (C=O) groups excluding carboxylic acids is 1. The Labute approximate surface area is 138 Å². The smallest absolute Gasteiger partial charge is 0.304 e. The van der Waals surface area contributed by atoms with E-state index in [1.165, 1.54) is 0 Å². The van der Waals surface area contributed by atoms with Gasteiger partial charge in [0.05, 0.1) is 19.7 Å². The van der Waals surface area contributed by atoms with Gasteiger partial charge in [-0.05, 0) is 24.1 Å². The van der Waals surface area contributed by atoms with Crippen molar-refractivity contribution < 1.29 is 9.53 Å². The summed E-state index contributed by atoms with van der Waals surface area (Å²) >= 11 is 1.11. The fourth-order valence-corrected chi connectivity index (χ4v) is 3.17. The third-order valence-corrected chi connectivity index (χ3v) is 4.72. The Balaban J connectivity index is 1.51. The van der Waals surface area contributed by atoms with E-state index in [0.29, 0.717) is 6.54 Å². The lowest BCUT2D eigenvalue weighted by molar-refractivity contribution is -0.131. The molecule has 0 radical (unpaired) electrons. The molecule has 0 bridgehead atoms. The first-order valence-corrected chi connectivity index (χ1v) is 8.35. The minimum absolute atomic E-state index is 0.0109. The monoisotopic (exact) mass is 333 g/mol. The molecule has 1 aliphatic heterocycles. The van der Waals surface area contributed by atoms with Gasteiger partial charge in [-0.15, -0.1) is 0 Å². The maximum Gasteiger partial charge on any atom is 0.304 e. The number of nitrogens with zero attached hydrogens (tertiary/aromatic N) is 1. The van der Waals surface area contributed by atoms with Crippen molar-refractivity contribution in [3.63, 3.8) is 0 Å². The number of hydrogen-bond acceptors (Lipinski definition) is 5. The summed E-state index contributed by atoms with van der Waals surface area (Å²) in [4.78, 5) is 28.1. The third kappa shape index (κ3) is 3.80. The molecule has 0 spiro atoms. The van der Waals surface area contributed by atoms with E-state index in [9.17, 15) is 9.59 Å². The van der Waals surface area contributed by atoms with Crippen molar-refractivity contribution in [2.75, 3.05) is 13.7 Å². The molecule has 1 fully saturated rings. The number of hydrogen-bond donors (Lipinski definition) is 2. The van der Waals surface area contributed by atoms with E-state index in [-0.39, 0.29) is 16.8 Å². The summed E-state index contributed by atoms with van der Waals surface area (Å²) in [5, 5.41) is 4.62. The normalized spacial score (nSPS) is 17.5. The van der Waals surface area contributed by atoms with E-state index >= 15 is 0 Å². The zero-order valence-electron chi connectivity index (χ0n) is 12.9. The quantitative estimate of drug-likeness (QED) is 0.836. The number of carbonyl (C=O) groups is 1. The first-order chi connectivity index (χ1) is 11.2. The molecule has 2 N–H and O–H groups in total. The van der Waals surface area contributed by atoms with Gasteiger partial charge < -0.3 is 15.0 Å². The number of amides is 1. The minimum atomic E-state index is -0.0981. The summed E-state index contributed by atoms with van der Waals surface area (Å²) < 4.78 is 5.15. The molecule has 1 atom stereocenters. The molecule has 122 valence electrons. The van der Waals surface area contributed by atoms with E-state index < -0.39 is 0 Å². The van der Waals surface area contributed by atoms with Crippen LogP contribution in [0, 0.1) is 0 Å². The Kier molecular flexibility index (Phi) is 4.78. The van der Waals surface area contributed by atoms with Crippen LogP contribution in [-0.2, 0) is 17.9 Å². The predicted octanol–water partition coefficient (Wildman–Crippen LogP) is 1.34. The van der Waals surface area contributed by atoms with Crippen LogP contribution in [0.25, 0.3) is 0 Å². The average molecular weight is 333 g/mol. The molecule has 2 aromatic rings. The van der Waals surface area contributed by atoms with Crippen LogP contribution in [0.1, 0.15) is 17.7 Å². The van der Waals surface area contributed by atoms with E-state index in [2.05, 4.69) is 15.2 Å². The summed E-state index contributed by atoms with van der Waals surface area (Å²) in [5.41, 5.74) is 1.90. The number of rotatable bonds is 6. The van der Waals surface area contributed by atoms with Crippen LogP contribution >= 0.6 is 11.3 Å². The average Bonchev–Trinajstić information content (AvgIpc) is 2.95. The second-order valence-corrected chi connectivity index (χ2v) is 6.36. The fraction of sp³-hybridized carbons (Fsp3) is 0.375. The van der Waals surface area contributed by atoms with Gasteiger partial charge in [0.15, 0.2) is 0 Å². The van der Waals surface area contributed by atoms with Crippen LogP contribution in [0.15, 0.2) is 34.4 Å². The summed E-state index contributed by atoms with van der Waals surface area (Å²) in [6.45, 7) is 2.03. The maximum absolute atomic E-state index is 12.2. The highest BCUT2D eigenvalue weighted by Gasteiger charge is 2.33. The van der Waals surface area contributed by atoms with E-state index in [1.807, 2.05) is 24.3 Å². The first kappa shape index (κ1) is 15.8. The standard InChI is InChI=1S/C16H19N3O3S/c1-22-13-4-2-11(3-5-13)9-19-7-6-14(19)15(20)17-8-12-10-23-16(21)18-12/h2-5,10,14H,6-9H2,1H3,(H,17,20)(H,18,21). The Hall–Kier alpha value is -2.12. The molecule has 1 amide bonds. The van der Waals surface area contributed by atoms with Crippen LogP contribution in [0.3, 0.4) is 0 Å². The van der Waals surface area contributed by atoms with Crippen LogP contribution in [0.4, 0.5) is 0 Å². The maximum atomic E-state index is 12.2. The number of likely N-dealkylation sites (tertiary alicyclic amines) is 1. The van der Waals surface area contributed by atoms with E-state index in [1.54, 1.807) is 12.5 Å². The van der Waals surface area contributed by atoms with E-state index in [4.69, 9.17) is 4.74 Å². The lowest BCUT2D eigenvalue weighted by Crippen LogP contribution is -2.55. The Bertz CT molecular complexity index is 723. The van der Waals surface area contributed by atoms with E-state index in [0.717, 1.165) is 47.9 Å². The van der Waals surface area contributed by atoms with Gasteiger partial charge >= 0.3 is 4.87 Å². The van der Waals surface area contributed by atoms with Crippen LogP contribution in [0.5, 0.6) is 5.75 Å². The number of ether oxygens (including phenoxy) is 1. The molecule has 7 heteroatoms. The van der Waals surface area contributed by atoms with Crippen LogP contribution in [-0.4, -0.2) is 35.5 Å². The van der Waals surface area contributed by atoms with Crippen LogP contribution in [0.2, 0.25) is 0 Å². The molecule has 2 heterocycles. The number of aromatic nitrogens is 1. The van der Waals surface area contributed by atoms with Crippen molar-refractivity contribution in [2.45, 2.75) is 25.6 Å². The second-order valence-electron chi connectivity index (χ2n) is 5.51. The van der Waals surface area contributed by atoms with Crippen molar-refractivity contribution in [1.82, 2.24) is 15.2 Å². The number of aromatic amines is 1. The molecule has 6 nitrogen and oxygen atoms in total. The summed E-state index contributed by atoms with van der Waals surface area (Å²) in [5.74, 6) is 0.841. The van der Waals surface area contributed by atoms with Crippen molar-refractivity contribution in [3.8, 4) is 5.75 Å². The molecule has 1 aromatic heterocycles. The first-order valence-electron chi connectivity index (χ1n) is 7.47. The molecule has 1 unspecified atom stereocenters. The van der Waals surface area contributed by atoms with Gasteiger partial charge in [0, 0.05) is 24.2 Å². The molecule has 1 aromatic carbocycles. The fourth-order valence-electron chi connectivity index (χ4n) is 2.59. The third-order valence-electron chi connectivity index (χ3n) is 4.00. The van der Waals surface area contributed by atoms with Crippen LogP contribution < -0.4 is 14.9 Å². The zero-order chi connectivity index (χ0) is 16.2. The van der Waals surface area contributed by atoms with Crippen molar-refractivity contribution in [2.24, 2.45) is 0 Å². The highest BCUT2D eigenvalue weighted by molar-refractivity contribution is 7.07. The minimum Gasteiger partial charge on any atom is -0.497 e. The van der Waals surface area contributed by atoms with Crippen molar-refractivity contribution in [1.29, 1.82) is 0 Å². The highest BCUT2D eigenvalue weighted by Crippen LogP contribution is 2.22. The van der Waals surface area contributed by atoms with Crippen molar-refractivity contribution >= 4 is 17.2 Å². The summed E-state index contributed by atoms with van der Waals surface area (Å²) in [7, 11) is 1.64. The van der Waals surface area contributed by atoms with Gasteiger partial charge in [0.1, 0.15) is 5.75 Å². The number of nitrogens with one attached hydrogen (secondary N) is 2. The number of thiazole rings is 1. The van der Waals surface area contributed by atoms with Crippen molar-refractivity contribution in [3.05, 3.63) is 50.6 Å². The van der Waals surface area contributed by atoms with Gasteiger partial charge in [0.25, 0.3) is 0 Å². The lowest BCUT2D eigenvalue weighted by atomic mass is 10.0. The molecule has 0 saturated carbocycles. The largest absolute Gasteiger partial charge is 0.497 e. The highest BCUT2D eigenvalue weighted by atomic mass is 32.1. The predicted molar refractivity (Wildman–Crippen MR) is 88.6 cm³/mol. The molecular formula is C16H19N3O3S. The Morgan fingerprint density at radius 2 is 2.22 bits per heavy atom. The molecule has 23 heavy (non-hydrogen) atoms. The Morgan fingerprint density at radius 1 is 1.43 bits per heavy atom. The molecule has 0 aliphatic carbocycles. The van der Waals surface area contributed by atoms with Gasteiger partial charge in [-0.25, -0.2) is 0 Å². The van der Waals surface area contributed by atoms with Gasteiger partial charge in [-0.3, -0.25) is 14.5 Å². The lowest BCUT2D eigenvalue weighted by Gasteiger charge is -2.39.